The van der Waals surface area contributed by atoms with Gasteiger partial charge in [-0.05, 0) is 6.07 Å². The number of carbonyl (C=O) groups is 1. The molecular weight excluding hydrogens is 400 g/mol. The number of hydrogen-bond acceptors (Lipinski definition) is 10. The molecule has 4 atom stereocenters. The monoisotopic (exact) mass is 418 g/mol. The highest BCUT2D eigenvalue weighted by Gasteiger charge is 2.44. The second-order valence-corrected chi connectivity index (χ2v) is 7.21. The predicted octanol–water partition coefficient (Wildman–Crippen LogP) is 0.767. The van der Waals surface area contributed by atoms with E-state index in [1.165, 1.54) is 6.92 Å². The number of ketones is 1. The van der Waals surface area contributed by atoms with Crippen molar-refractivity contribution in [2.75, 3.05) is 6.61 Å². The molecule has 0 bridgehead atoms. The van der Waals surface area contributed by atoms with E-state index in [2.05, 4.69) is 0 Å². The molecule has 4 rings (SSSR count). The highest BCUT2D eigenvalue weighted by atomic mass is 16.5. The van der Waals surface area contributed by atoms with Gasteiger partial charge in [0.1, 0.15) is 40.3 Å². The Balaban J connectivity index is 1.99. The summed E-state index contributed by atoms with van der Waals surface area (Å²) in [7, 11) is 0. The van der Waals surface area contributed by atoms with E-state index >= 15 is 0 Å². The summed E-state index contributed by atoms with van der Waals surface area (Å²) >= 11 is 0. The molecule has 1 fully saturated rings. The van der Waals surface area contributed by atoms with Crippen LogP contribution < -0.4 is 5.43 Å². The van der Waals surface area contributed by atoms with Crippen LogP contribution in [0.3, 0.4) is 0 Å². The first-order valence-electron chi connectivity index (χ1n) is 9.01. The average molecular weight is 418 g/mol. The number of aromatic hydroxyl groups is 4. The number of phenolic OH excluding ortho intramolecular Hbond substituents is 4. The van der Waals surface area contributed by atoms with Crippen molar-refractivity contribution in [3.63, 3.8) is 0 Å². The molecule has 10 nitrogen and oxygen atoms in total. The Kier molecular flexibility index (Phi) is 4.57. The fraction of sp³-hybridized carbons (Fsp3) is 0.300. The maximum Gasteiger partial charge on any atom is 0.204 e. The van der Waals surface area contributed by atoms with Crippen LogP contribution in [0.1, 0.15) is 18.6 Å². The molecule has 3 aromatic rings. The third kappa shape index (κ3) is 2.76. The zero-order valence-corrected chi connectivity index (χ0v) is 15.6. The zero-order chi connectivity index (χ0) is 21.9. The van der Waals surface area contributed by atoms with E-state index < -0.39 is 65.0 Å². The lowest BCUT2D eigenvalue weighted by atomic mass is 9.85. The van der Waals surface area contributed by atoms with Crippen LogP contribution in [-0.4, -0.2) is 55.2 Å². The number of benzene rings is 2. The number of Topliss-reactive ketones (excluding diaryl/α,β-unsaturated/α-hetero) is 1. The summed E-state index contributed by atoms with van der Waals surface area (Å²) in [6.07, 6.45) is -4.11. The maximum atomic E-state index is 13.0. The maximum absolute atomic E-state index is 13.0. The van der Waals surface area contributed by atoms with Crippen molar-refractivity contribution in [1.82, 2.24) is 0 Å². The van der Waals surface area contributed by atoms with Crippen LogP contribution in [0.25, 0.3) is 21.9 Å². The molecule has 2 heterocycles. The van der Waals surface area contributed by atoms with Gasteiger partial charge in [0.2, 0.25) is 5.43 Å². The van der Waals surface area contributed by atoms with Crippen LogP contribution in [0.15, 0.2) is 27.4 Å². The molecule has 30 heavy (non-hydrogen) atoms. The van der Waals surface area contributed by atoms with Crippen molar-refractivity contribution in [3.05, 3.63) is 34.0 Å². The summed E-state index contributed by atoms with van der Waals surface area (Å²) in [5.74, 6) is -4.00. The molecule has 0 saturated carbocycles. The SMILES string of the molecule is C[C@@H]1C(=O)[C@H](O)[C@@H](CO)O[C@H]1c1c(O)cc2oc3cc(O)c(O)cc3c(=O)c2c1O. The van der Waals surface area contributed by atoms with Crippen molar-refractivity contribution in [3.8, 4) is 23.0 Å². The smallest absolute Gasteiger partial charge is 0.204 e. The van der Waals surface area contributed by atoms with E-state index in [-0.39, 0.29) is 27.5 Å². The van der Waals surface area contributed by atoms with Gasteiger partial charge in [0.05, 0.1) is 23.7 Å². The minimum absolute atomic E-state index is 0.0877. The molecule has 1 saturated heterocycles. The second kappa shape index (κ2) is 6.87. The number of aliphatic hydroxyl groups is 2. The third-order valence-corrected chi connectivity index (χ3v) is 5.38. The molecular formula is C20H18O10. The molecule has 1 aromatic heterocycles. The Morgan fingerprint density at radius 1 is 0.967 bits per heavy atom. The van der Waals surface area contributed by atoms with Crippen LogP contribution in [-0.2, 0) is 9.53 Å². The Morgan fingerprint density at radius 2 is 1.60 bits per heavy atom. The summed E-state index contributed by atoms with van der Waals surface area (Å²) in [5.41, 5.74) is -1.32. The van der Waals surface area contributed by atoms with Gasteiger partial charge in [0, 0.05) is 18.1 Å². The van der Waals surface area contributed by atoms with Gasteiger partial charge in [0.15, 0.2) is 17.3 Å². The number of carbonyl (C=O) groups excluding carboxylic acids is 1. The fourth-order valence-electron chi connectivity index (χ4n) is 3.74. The number of phenols is 4. The summed E-state index contributed by atoms with van der Waals surface area (Å²) in [5, 5.41) is 59.5. The lowest BCUT2D eigenvalue weighted by molar-refractivity contribution is -0.176. The second-order valence-electron chi connectivity index (χ2n) is 7.21. The summed E-state index contributed by atoms with van der Waals surface area (Å²) in [6.45, 7) is 0.733. The van der Waals surface area contributed by atoms with Gasteiger partial charge < -0.3 is 39.8 Å². The molecule has 2 aromatic carbocycles. The first-order chi connectivity index (χ1) is 14.1. The first kappa shape index (κ1) is 20.0. The lowest BCUT2D eigenvalue weighted by Crippen LogP contribution is -2.49. The van der Waals surface area contributed by atoms with E-state index in [1.807, 2.05) is 0 Å². The summed E-state index contributed by atoms with van der Waals surface area (Å²) in [6, 6.07) is 3.05. The number of ether oxygens (including phenoxy) is 1. The van der Waals surface area contributed by atoms with Gasteiger partial charge in [-0.1, -0.05) is 6.92 Å². The van der Waals surface area contributed by atoms with Crippen LogP contribution in [0.5, 0.6) is 23.0 Å². The van der Waals surface area contributed by atoms with E-state index in [0.717, 1.165) is 18.2 Å². The van der Waals surface area contributed by atoms with E-state index in [1.54, 1.807) is 0 Å². The van der Waals surface area contributed by atoms with E-state index in [0.29, 0.717) is 0 Å². The molecule has 0 amide bonds. The van der Waals surface area contributed by atoms with Crippen LogP contribution >= 0.6 is 0 Å². The number of rotatable bonds is 2. The molecule has 0 radical (unpaired) electrons. The molecule has 1 aliphatic rings. The van der Waals surface area contributed by atoms with Crippen LogP contribution in [0.2, 0.25) is 0 Å². The van der Waals surface area contributed by atoms with Crippen molar-refractivity contribution in [2.24, 2.45) is 5.92 Å². The van der Waals surface area contributed by atoms with Gasteiger partial charge in [-0.2, -0.15) is 0 Å². The van der Waals surface area contributed by atoms with Crippen molar-refractivity contribution < 1.29 is 44.6 Å². The zero-order valence-electron chi connectivity index (χ0n) is 15.6. The summed E-state index contributed by atoms with van der Waals surface area (Å²) in [4.78, 5) is 25.3. The topological polar surface area (TPSA) is 178 Å². The molecule has 1 aliphatic heterocycles. The van der Waals surface area contributed by atoms with Crippen LogP contribution in [0.4, 0.5) is 0 Å². The number of aliphatic hydroxyl groups excluding tert-OH is 2. The molecule has 10 heteroatoms. The molecule has 0 unspecified atom stereocenters. The fourth-order valence-corrected chi connectivity index (χ4v) is 3.74. The minimum atomic E-state index is -1.57. The van der Waals surface area contributed by atoms with Crippen molar-refractivity contribution >= 4 is 27.7 Å². The Hall–Kier alpha value is -3.34. The molecule has 6 N–H and O–H groups in total. The standard InChI is InChI=1S/C20H18O10/c1-6-16(25)18(27)13(5-21)30-20(6)14-10(24)4-12-15(19(14)28)17(26)7-2-8(22)9(23)3-11(7)29-12/h2-4,6,13,18,20-24,27-28H,5H2,1H3/t6-,13-,18-,20-/m1/s1. The van der Waals surface area contributed by atoms with Gasteiger partial charge in [-0.25, -0.2) is 0 Å². The summed E-state index contributed by atoms with van der Waals surface area (Å²) < 4.78 is 11.0. The highest BCUT2D eigenvalue weighted by Crippen LogP contribution is 2.46. The Morgan fingerprint density at radius 3 is 2.27 bits per heavy atom. The van der Waals surface area contributed by atoms with E-state index in [9.17, 15) is 40.2 Å². The van der Waals surface area contributed by atoms with Gasteiger partial charge >= 0.3 is 0 Å². The van der Waals surface area contributed by atoms with E-state index in [4.69, 9.17) is 9.15 Å². The molecule has 158 valence electrons. The predicted molar refractivity (Wildman–Crippen MR) is 102 cm³/mol. The lowest BCUT2D eigenvalue weighted by Gasteiger charge is -2.36. The quantitative estimate of drug-likeness (QED) is 0.257. The van der Waals surface area contributed by atoms with Gasteiger partial charge in [-0.15, -0.1) is 0 Å². The minimum Gasteiger partial charge on any atom is -0.507 e. The highest BCUT2D eigenvalue weighted by molar-refractivity contribution is 5.96. The van der Waals surface area contributed by atoms with Crippen LogP contribution in [0, 0.1) is 5.92 Å². The Labute approximate surface area is 167 Å². The number of fused-ring (bicyclic) bond motifs is 2. The average Bonchev–Trinajstić information content (AvgIpc) is 2.69. The Bertz CT molecular complexity index is 1240. The van der Waals surface area contributed by atoms with Crippen molar-refractivity contribution in [2.45, 2.75) is 25.2 Å². The molecule has 0 aliphatic carbocycles. The van der Waals surface area contributed by atoms with Gasteiger partial charge in [-0.3, -0.25) is 9.59 Å². The van der Waals surface area contributed by atoms with Gasteiger partial charge in [0.25, 0.3) is 0 Å². The van der Waals surface area contributed by atoms with Crippen molar-refractivity contribution in [1.29, 1.82) is 0 Å². The largest absolute Gasteiger partial charge is 0.507 e. The third-order valence-electron chi connectivity index (χ3n) is 5.38. The first-order valence-corrected chi connectivity index (χ1v) is 9.01. The molecule has 0 spiro atoms. The number of hydrogen-bond donors (Lipinski definition) is 6. The normalized spacial score (nSPS) is 24.6.